The smallest absolute Gasteiger partial charge is 0.309 e. The highest BCUT2D eigenvalue weighted by molar-refractivity contribution is 5.73. The molecule has 10 rings (SSSR count). The molecule has 2 aromatic carbocycles. The number of hydrogen-bond acceptors (Lipinski definition) is 12. The molecule has 6 aliphatic rings. The van der Waals surface area contributed by atoms with E-state index in [1.807, 2.05) is 0 Å². The SMILES string of the molecule is COC(=O)[C@H]1CC[C@H](c2nc(C3(CN[C@H]4C[C@@H]4c4ccc(COC(=O)[C@H]5CC[C@H](c6nc(C7(CN[C@@H]8C[C@H]8c8ccccc8)CC7)no6)CC5)cc4)CC3)no2)CC1. The van der Waals surface area contributed by atoms with E-state index < -0.39 is 0 Å². The highest BCUT2D eigenvalue weighted by Crippen LogP contribution is 2.50. The summed E-state index contributed by atoms with van der Waals surface area (Å²) in [6.07, 6.45) is 13.2. The molecule has 6 fully saturated rings. The number of carbonyl (C=O) groups is 2. The van der Waals surface area contributed by atoms with E-state index in [4.69, 9.17) is 28.5 Å². The highest BCUT2D eigenvalue weighted by Gasteiger charge is 2.52. The summed E-state index contributed by atoms with van der Waals surface area (Å²) in [5, 5.41) is 16.5. The van der Waals surface area contributed by atoms with Crippen molar-refractivity contribution in [3.63, 3.8) is 0 Å². The first-order chi connectivity index (χ1) is 28.4. The van der Waals surface area contributed by atoms with E-state index in [1.165, 1.54) is 24.7 Å². The molecule has 12 heteroatoms. The van der Waals surface area contributed by atoms with Crippen molar-refractivity contribution in [2.75, 3.05) is 20.2 Å². The summed E-state index contributed by atoms with van der Waals surface area (Å²) >= 11 is 0. The largest absolute Gasteiger partial charge is 0.469 e. The fourth-order valence-electron chi connectivity index (χ4n) is 9.88. The number of nitrogens with zero attached hydrogens (tertiary/aromatic N) is 4. The van der Waals surface area contributed by atoms with Gasteiger partial charge in [0.15, 0.2) is 11.6 Å². The van der Waals surface area contributed by atoms with E-state index in [0.29, 0.717) is 30.5 Å². The lowest BCUT2D eigenvalue weighted by Crippen LogP contribution is -2.30. The minimum absolute atomic E-state index is 0.000195. The molecule has 0 aliphatic heterocycles. The molecule has 0 bridgehead atoms. The maximum Gasteiger partial charge on any atom is 0.309 e. The molecule has 0 unspecified atom stereocenters. The summed E-state index contributed by atoms with van der Waals surface area (Å²) in [4.78, 5) is 34.8. The summed E-state index contributed by atoms with van der Waals surface area (Å²) < 4.78 is 22.3. The van der Waals surface area contributed by atoms with Gasteiger partial charge in [0, 0.05) is 59.7 Å². The molecule has 0 radical (unpaired) electrons. The van der Waals surface area contributed by atoms with Crippen LogP contribution in [0.15, 0.2) is 63.6 Å². The molecule has 0 amide bonds. The van der Waals surface area contributed by atoms with E-state index in [1.54, 1.807) is 0 Å². The lowest BCUT2D eigenvalue weighted by atomic mass is 9.82. The highest BCUT2D eigenvalue weighted by atomic mass is 16.5. The molecule has 6 aliphatic carbocycles. The van der Waals surface area contributed by atoms with Crippen molar-refractivity contribution in [3.8, 4) is 0 Å². The lowest BCUT2D eigenvalue weighted by Gasteiger charge is -2.25. The van der Waals surface area contributed by atoms with Gasteiger partial charge in [0.25, 0.3) is 0 Å². The maximum atomic E-state index is 13.1. The van der Waals surface area contributed by atoms with E-state index in [0.717, 1.165) is 126 Å². The number of carbonyl (C=O) groups excluding carboxylic acids is 2. The normalized spacial score (nSPS) is 30.3. The van der Waals surface area contributed by atoms with Gasteiger partial charge in [-0.25, -0.2) is 0 Å². The van der Waals surface area contributed by atoms with Crippen molar-refractivity contribution in [3.05, 3.63) is 94.7 Å². The second-order valence-electron chi connectivity index (χ2n) is 18.5. The van der Waals surface area contributed by atoms with Gasteiger partial charge in [-0.15, -0.1) is 0 Å². The third-order valence-electron chi connectivity index (χ3n) is 14.6. The standard InChI is InChI=1S/C46H56N6O6/c1-55-41(53)33-15-11-31(12-16-33)39-49-44(51-57-39)46(21-22-46)27-48-38-24-36(38)30-9-7-28(8-10-30)25-56-42(54)34-17-13-32(14-18-34)40-50-43(52-58-40)45(19-20-45)26-47-37-23-35(37)29-5-3-2-4-6-29/h2-10,31-38,47-48H,11-27H2,1H3/t31-,32-,33-,34-,35-,36+,37+,38-/m0/s1. The van der Waals surface area contributed by atoms with E-state index in [-0.39, 0.29) is 46.4 Å². The van der Waals surface area contributed by atoms with E-state index in [2.05, 4.69) is 75.5 Å². The van der Waals surface area contributed by atoms with Gasteiger partial charge in [-0.2, -0.15) is 9.97 Å². The first-order valence-corrected chi connectivity index (χ1v) is 21.9. The lowest BCUT2D eigenvalue weighted by molar-refractivity contribution is -0.151. The Balaban J connectivity index is 0.632. The Morgan fingerprint density at radius 1 is 0.655 bits per heavy atom. The second kappa shape index (κ2) is 15.6. The molecule has 2 heterocycles. The number of nitrogens with one attached hydrogen (secondary N) is 2. The Morgan fingerprint density at radius 2 is 1.14 bits per heavy atom. The molecule has 306 valence electrons. The van der Waals surface area contributed by atoms with Crippen molar-refractivity contribution >= 4 is 11.9 Å². The molecule has 2 N–H and O–H groups in total. The van der Waals surface area contributed by atoms with Crippen LogP contribution in [0.5, 0.6) is 0 Å². The Kier molecular flexibility index (Phi) is 10.2. The van der Waals surface area contributed by atoms with Crippen LogP contribution in [0, 0.1) is 11.8 Å². The van der Waals surface area contributed by atoms with Crippen LogP contribution in [0.4, 0.5) is 0 Å². The topological polar surface area (TPSA) is 154 Å². The Labute approximate surface area is 340 Å². The number of ether oxygens (including phenoxy) is 2. The molecule has 2 aromatic heterocycles. The Morgan fingerprint density at radius 3 is 1.62 bits per heavy atom. The van der Waals surface area contributed by atoms with Crippen LogP contribution in [0.25, 0.3) is 0 Å². The molecular weight excluding hydrogens is 733 g/mol. The molecule has 0 spiro atoms. The van der Waals surface area contributed by atoms with Gasteiger partial charge in [0.2, 0.25) is 11.8 Å². The van der Waals surface area contributed by atoms with Crippen molar-refractivity contribution in [1.29, 1.82) is 0 Å². The first kappa shape index (κ1) is 37.8. The van der Waals surface area contributed by atoms with Crippen molar-refractivity contribution in [1.82, 2.24) is 30.9 Å². The summed E-state index contributed by atoms with van der Waals surface area (Å²) in [7, 11) is 1.46. The van der Waals surface area contributed by atoms with Gasteiger partial charge in [-0.05, 0) is 107 Å². The molecule has 4 aromatic rings. The summed E-state index contributed by atoms with van der Waals surface area (Å²) in [6, 6.07) is 20.3. The first-order valence-electron chi connectivity index (χ1n) is 21.9. The van der Waals surface area contributed by atoms with Crippen LogP contribution in [0.1, 0.15) is 154 Å². The Hall–Kier alpha value is -4.42. The average Bonchev–Trinajstić information content (AvgIpc) is 4.18. The van der Waals surface area contributed by atoms with Crippen LogP contribution < -0.4 is 10.6 Å². The van der Waals surface area contributed by atoms with Crippen LogP contribution in [-0.4, -0.2) is 64.5 Å². The van der Waals surface area contributed by atoms with Crippen molar-refractivity contribution < 1.29 is 28.1 Å². The fourth-order valence-corrected chi connectivity index (χ4v) is 9.88. The summed E-state index contributed by atoms with van der Waals surface area (Å²) in [5.41, 5.74) is 3.70. The second-order valence-corrected chi connectivity index (χ2v) is 18.5. The van der Waals surface area contributed by atoms with Crippen LogP contribution in [0.2, 0.25) is 0 Å². The third kappa shape index (κ3) is 7.98. The van der Waals surface area contributed by atoms with Gasteiger partial charge in [-0.1, -0.05) is 64.9 Å². The van der Waals surface area contributed by atoms with Crippen LogP contribution >= 0.6 is 0 Å². The third-order valence-corrected chi connectivity index (χ3v) is 14.6. The summed E-state index contributed by atoms with van der Waals surface area (Å²) in [5.74, 6) is 4.31. The molecule has 0 saturated heterocycles. The summed E-state index contributed by atoms with van der Waals surface area (Å²) in [6.45, 7) is 2.04. The number of esters is 2. The number of benzene rings is 2. The number of methoxy groups -OCH3 is 1. The van der Waals surface area contributed by atoms with Gasteiger partial charge >= 0.3 is 11.9 Å². The molecule has 12 nitrogen and oxygen atoms in total. The Bertz CT molecular complexity index is 2060. The van der Waals surface area contributed by atoms with Crippen LogP contribution in [-0.2, 0) is 36.5 Å². The molecule has 6 saturated carbocycles. The van der Waals surface area contributed by atoms with Gasteiger partial charge in [0.05, 0.1) is 18.9 Å². The quantitative estimate of drug-likeness (QED) is 0.110. The maximum absolute atomic E-state index is 13.1. The number of aromatic nitrogens is 4. The van der Waals surface area contributed by atoms with Crippen molar-refractivity contribution in [2.45, 2.75) is 143 Å². The minimum atomic E-state index is -0.111. The van der Waals surface area contributed by atoms with Crippen molar-refractivity contribution in [2.24, 2.45) is 11.8 Å². The van der Waals surface area contributed by atoms with E-state index in [9.17, 15) is 9.59 Å². The number of rotatable bonds is 16. The molecule has 4 atom stereocenters. The zero-order valence-corrected chi connectivity index (χ0v) is 33.6. The van der Waals surface area contributed by atoms with Crippen LogP contribution in [0.3, 0.4) is 0 Å². The number of hydrogen-bond donors (Lipinski definition) is 2. The zero-order valence-electron chi connectivity index (χ0n) is 33.6. The zero-order chi connectivity index (χ0) is 39.3. The van der Waals surface area contributed by atoms with E-state index >= 15 is 0 Å². The average molecular weight is 789 g/mol. The van der Waals surface area contributed by atoms with Gasteiger partial charge < -0.3 is 29.2 Å². The van der Waals surface area contributed by atoms with Gasteiger partial charge in [0.1, 0.15) is 6.61 Å². The minimum Gasteiger partial charge on any atom is -0.469 e. The predicted octanol–water partition coefficient (Wildman–Crippen LogP) is 7.27. The molecular formula is C46H56N6O6. The molecule has 58 heavy (non-hydrogen) atoms. The van der Waals surface area contributed by atoms with Gasteiger partial charge in [-0.3, -0.25) is 9.59 Å². The monoisotopic (exact) mass is 788 g/mol. The fraction of sp³-hybridized carbons (Fsp3) is 0.609. The predicted molar refractivity (Wildman–Crippen MR) is 213 cm³/mol.